The number of benzene rings is 2. The molecule has 0 saturated heterocycles. The lowest BCUT2D eigenvalue weighted by molar-refractivity contribution is 0.300. The number of aryl methyl sites for hydroxylation is 1. The number of hydrogen-bond donors (Lipinski definition) is 3. The summed E-state index contributed by atoms with van der Waals surface area (Å²) in [5.74, 6) is 0.506. The molecule has 3 N–H and O–H groups in total. The molecule has 2 aromatic carbocycles. The number of furan rings is 1. The largest absolute Gasteiger partial charge is 0.489 e. The lowest BCUT2D eigenvalue weighted by Crippen LogP contribution is -2.16. The number of fused-ring (bicyclic) bond motifs is 1. The highest BCUT2D eigenvalue weighted by Crippen LogP contribution is 2.30. The number of nitrogens with zero attached hydrogens (tertiary/aromatic N) is 1. The van der Waals surface area contributed by atoms with Crippen molar-refractivity contribution < 1.29 is 13.5 Å². The van der Waals surface area contributed by atoms with E-state index >= 15 is 0 Å². The van der Waals surface area contributed by atoms with Crippen molar-refractivity contribution in [2.75, 3.05) is 0 Å². The van der Waals surface area contributed by atoms with E-state index in [1.807, 2.05) is 0 Å². The maximum Gasteiger partial charge on any atom is 0.151 e. The van der Waals surface area contributed by atoms with E-state index in [4.69, 9.17) is 31.7 Å². The molecule has 0 aliphatic heterocycles. The maximum atomic E-state index is 13.8. The van der Waals surface area contributed by atoms with Crippen LogP contribution in [0.3, 0.4) is 0 Å². The highest BCUT2D eigenvalue weighted by Gasteiger charge is 2.16. The molecule has 0 fully saturated rings. The zero-order valence-electron chi connectivity index (χ0n) is 13.2. The first-order valence-electron chi connectivity index (χ1n) is 7.31. The summed E-state index contributed by atoms with van der Waals surface area (Å²) < 4.78 is 25.1. The Hall–Kier alpha value is -2.93. The summed E-state index contributed by atoms with van der Waals surface area (Å²) in [7, 11) is 0. The minimum absolute atomic E-state index is 0.0269. The average molecular weight is 361 g/mol. The Labute approximate surface area is 147 Å². The maximum absolute atomic E-state index is 13.8. The molecule has 1 heterocycles. The van der Waals surface area contributed by atoms with Gasteiger partial charge in [0.2, 0.25) is 0 Å². The van der Waals surface area contributed by atoms with E-state index in [-0.39, 0.29) is 18.0 Å². The third-order valence-corrected chi connectivity index (χ3v) is 4.05. The van der Waals surface area contributed by atoms with Gasteiger partial charge >= 0.3 is 0 Å². The van der Waals surface area contributed by atoms with E-state index in [2.05, 4.69) is 10.6 Å². The molecule has 0 unspecified atom stereocenters. The van der Waals surface area contributed by atoms with Crippen molar-refractivity contribution in [2.45, 2.75) is 13.5 Å². The molecule has 128 valence electrons. The van der Waals surface area contributed by atoms with Crippen LogP contribution < -0.4 is 10.2 Å². The van der Waals surface area contributed by atoms with Gasteiger partial charge in [-0.25, -0.2) is 9.82 Å². The van der Waals surface area contributed by atoms with Crippen LogP contribution >= 0.6 is 11.6 Å². The van der Waals surface area contributed by atoms with E-state index in [1.165, 1.54) is 12.1 Å². The Balaban J connectivity index is 1.92. The van der Waals surface area contributed by atoms with Gasteiger partial charge in [-0.3, -0.25) is 5.41 Å². The summed E-state index contributed by atoms with van der Waals surface area (Å²) in [5.41, 5.74) is 10.4. The average Bonchev–Trinajstić information content (AvgIpc) is 2.89. The Morgan fingerprint density at radius 2 is 2.16 bits per heavy atom. The highest BCUT2D eigenvalue weighted by atomic mass is 35.5. The normalized spacial score (nSPS) is 10.7. The smallest absolute Gasteiger partial charge is 0.151 e. The zero-order chi connectivity index (χ0) is 18.0. The van der Waals surface area contributed by atoms with Crippen LogP contribution in [0, 0.1) is 23.7 Å². The van der Waals surface area contributed by atoms with E-state index in [1.54, 1.807) is 31.2 Å². The van der Waals surface area contributed by atoms with Gasteiger partial charge in [0.05, 0.1) is 10.6 Å². The van der Waals surface area contributed by atoms with Crippen molar-refractivity contribution >= 4 is 28.4 Å². The summed E-state index contributed by atoms with van der Waals surface area (Å²) in [4.78, 5) is 0. The molecule has 0 bridgehead atoms. The number of hydrogen-bond acceptors (Lipinski definition) is 5. The van der Waals surface area contributed by atoms with Crippen LogP contribution in [0.5, 0.6) is 5.75 Å². The molecule has 0 radical (unpaired) electrons. The molecule has 8 heteroatoms. The summed E-state index contributed by atoms with van der Waals surface area (Å²) in [6.45, 7) is 1.69. The van der Waals surface area contributed by atoms with Gasteiger partial charge in [-0.1, -0.05) is 22.9 Å². The molecule has 0 aliphatic rings. The van der Waals surface area contributed by atoms with Crippen molar-refractivity contribution in [1.29, 1.82) is 10.9 Å². The van der Waals surface area contributed by atoms with E-state index < -0.39 is 5.82 Å². The second kappa shape index (κ2) is 6.90. The molecule has 3 rings (SSSR count). The summed E-state index contributed by atoms with van der Waals surface area (Å²) in [6.07, 6.45) is 0. The molecule has 0 saturated carbocycles. The van der Waals surface area contributed by atoms with E-state index in [0.29, 0.717) is 33.1 Å². The first-order valence-corrected chi connectivity index (χ1v) is 7.69. The lowest BCUT2D eigenvalue weighted by atomic mass is 10.1. The molecule has 0 atom stereocenters. The van der Waals surface area contributed by atoms with E-state index in [0.717, 1.165) is 0 Å². The van der Waals surface area contributed by atoms with Gasteiger partial charge in [0.25, 0.3) is 0 Å². The molecule has 0 amide bonds. The van der Waals surface area contributed by atoms with Crippen molar-refractivity contribution in [3.8, 4) is 5.75 Å². The lowest BCUT2D eigenvalue weighted by Gasteiger charge is -2.09. The van der Waals surface area contributed by atoms with Crippen LogP contribution in [-0.4, -0.2) is 5.84 Å². The predicted molar refractivity (Wildman–Crippen MR) is 91.8 cm³/mol. The van der Waals surface area contributed by atoms with Crippen LogP contribution in [0.1, 0.15) is 16.9 Å². The first kappa shape index (κ1) is 16.9. The monoisotopic (exact) mass is 360 g/mol. The Kier molecular flexibility index (Phi) is 4.67. The van der Waals surface area contributed by atoms with Gasteiger partial charge in [-0.05, 0) is 37.3 Å². The van der Waals surface area contributed by atoms with Crippen LogP contribution in [0.4, 0.5) is 4.39 Å². The van der Waals surface area contributed by atoms with Gasteiger partial charge < -0.3 is 9.15 Å². The van der Waals surface area contributed by atoms with Crippen LogP contribution in [0.15, 0.2) is 46.0 Å². The zero-order valence-corrected chi connectivity index (χ0v) is 13.9. The summed E-state index contributed by atoms with van der Waals surface area (Å²) in [5, 5.41) is 11.9. The fraction of sp³-hybridized carbons (Fsp3) is 0.118. The van der Waals surface area contributed by atoms with Crippen LogP contribution in [0.25, 0.3) is 11.0 Å². The van der Waals surface area contributed by atoms with Crippen molar-refractivity contribution in [1.82, 2.24) is 5.43 Å². The fourth-order valence-electron chi connectivity index (χ4n) is 2.54. The van der Waals surface area contributed by atoms with Crippen LogP contribution in [0.2, 0.25) is 5.02 Å². The number of amidine groups is 1. The SMILES string of the molecule is Cc1oc2ccc(OCc3c(F)cccc3Cl)cc2c1C(=N)NN=N. The topological polar surface area (TPSA) is 94.5 Å². The Bertz CT molecular complexity index is 950. The second-order valence-corrected chi connectivity index (χ2v) is 5.69. The quantitative estimate of drug-likeness (QED) is 0.259. The highest BCUT2D eigenvalue weighted by molar-refractivity contribution is 6.31. The number of nitrogens with one attached hydrogen (secondary N) is 3. The minimum Gasteiger partial charge on any atom is -0.489 e. The number of rotatable bonds is 5. The molecular formula is C17H14ClFN4O2. The fourth-order valence-corrected chi connectivity index (χ4v) is 2.75. The van der Waals surface area contributed by atoms with Gasteiger partial charge in [0.1, 0.15) is 29.5 Å². The summed E-state index contributed by atoms with van der Waals surface area (Å²) in [6, 6.07) is 9.54. The number of halogens is 2. The van der Waals surface area contributed by atoms with E-state index in [9.17, 15) is 4.39 Å². The molecule has 0 spiro atoms. The summed E-state index contributed by atoms with van der Waals surface area (Å²) >= 11 is 6.00. The van der Waals surface area contributed by atoms with Crippen molar-refractivity contribution in [3.63, 3.8) is 0 Å². The van der Waals surface area contributed by atoms with Gasteiger partial charge in [0.15, 0.2) is 5.84 Å². The molecule has 6 nitrogen and oxygen atoms in total. The van der Waals surface area contributed by atoms with Crippen molar-refractivity contribution in [2.24, 2.45) is 5.22 Å². The second-order valence-electron chi connectivity index (χ2n) is 5.28. The van der Waals surface area contributed by atoms with Gasteiger partial charge in [-0.15, -0.1) is 0 Å². The third-order valence-electron chi connectivity index (χ3n) is 3.70. The third kappa shape index (κ3) is 3.32. The Morgan fingerprint density at radius 1 is 1.36 bits per heavy atom. The molecule has 0 aliphatic carbocycles. The minimum atomic E-state index is -0.434. The number of ether oxygens (including phenoxy) is 1. The Morgan fingerprint density at radius 3 is 2.88 bits per heavy atom. The molecule has 1 aromatic heterocycles. The standard InChI is InChI=1S/C17H14ClFN4O2/c1-9-16(17(20)22-23-21)11-7-10(5-6-15(11)25-9)24-8-12-13(18)3-2-4-14(12)19/h2-7H,8H2,1H3,(H3,20,21,22). The molecule has 3 aromatic rings. The molecular weight excluding hydrogens is 347 g/mol. The predicted octanol–water partition coefficient (Wildman–Crippen LogP) is 4.97. The molecule has 25 heavy (non-hydrogen) atoms. The van der Waals surface area contributed by atoms with Crippen molar-refractivity contribution in [3.05, 3.63) is 64.1 Å². The van der Waals surface area contributed by atoms with Crippen LogP contribution in [-0.2, 0) is 6.61 Å². The first-order chi connectivity index (χ1) is 12.0. The van der Waals surface area contributed by atoms with Gasteiger partial charge in [0, 0.05) is 10.9 Å². The van der Waals surface area contributed by atoms with Gasteiger partial charge in [-0.2, -0.15) is 5.53 Å².